The van der Waals surface area contributed by atoms with Crippen LogP contribution in [-0.2, 0) is 17.8 Å². The highest BCUT2D eigenvalue weighted by molar-refractivity contribution is 6.09. The summed E-state index contributed by atoms with van der Waals surface area (Å²) in [7, 11) is 3.24. The molecule has 0 spiro atoms. The van der Waals surface area contributed by atoms with Gasteiger partial charge in [-0.05, 0) is 50.1 Å². The van der Waals surface area contributed by atoms with Gasteiger partial charge in [-0.2, -0.15) is 0 Å². The van der Waals surface area contributed by atoms with Crippen molar-refractivity contribution in [3.8, 4) is 5.75 Å². The van der Waals surface area contributed by atoms with Crippen LogP contribution >= 0.6 is 0 Å². The Labute approximate surface area is 176 Å². The average Bonchev–Trinajstić information content (AvgIpc) is 2.78. The van der Waals surface area contributed by atoms with Crippen LogP contribution in [-0.4, -0.2) is 47.5 Å². The summed E-state index contributed by atoms with van der Waals surface area (Å²) in [4.78, 5) is 33.0. The zero-order chi connectivity index (χ0) is 21.9. The molecule has 30 heavy (non-hydrogen) atoms. The van der Waals surface area contributed by atoms with Gasteiger partial charge in [-0.1, -0.05) is 30.3 Å². The number of nitrogens with zero attached hydrogens (tertiary/aromatic N) is 3. The number of methoxy groups -OCH3 is 1. The predicted octanol–water partition coefficient (Wildman–Crippen LogP) is 4.07. The van der Waals surface area contributed by atoms with Crippen molar-refractivity contribution in [3.05, 3.63) is 65.2 Å². The molecule has 7 heteroatoms. The lowest BCUT2D eigenvalue weighted by atomic mass is 10.1. The summed E-state index contributed by atoms with van der Waals surface area (Å²) >= 11 is 0. The molecular weight excluding hydrogens is 382 g/mol. The van der Waals surface area contributed by atoms with Gasteiger partial charge in [0.05, 0.1) is 7.11 Å². The molecule has 1 aliphatic rings. The first kappa shape index (κ1) is 21.4. The molecule has 2 aromatic rings. The zero-order valence-electron chi connectivity index (χ0n) is 18.0. The van der Waals surface area contributed by atoms with Crippen LogP contribution in [0.3, 0.4) is 0 Å². The molecule has 0 atom stereocenters. The van der Waals surface area contributed by atoms with Crippen molar-refractivity contribution in [2.75, 3.05) is 14.2 Å². The minimum absolute atomic E-state index is 0.217. The van der Waals surface area contributed by atoms with E-state index in [1.54, 1.807) is 41.0 Å². The minimum atomic E-state index is -0.733. The maximum Gasteiger partial charge on any atom is 0.437 e. The zero-order valence-corrected chi connectivity index (χ0v) is 18.0. The summed E-state index contributed by atoms with van der Waals surface area (Å²) in [6.45, 7) is 6.21. The monoisotopic (exact) mass is 409 g/mol. The van der Waals surface area contributed by atoms with E-state index < -0.39 is 11.7 Å². The number of hydrogen-bond donors (Lipinski definition) is 0. The second kappa shape index (κ2) is 8.57. The van der Waals surface area contributed by atoms with Crippen molar-refractivity contribution < 1.29 is 19.1 Å². The minimum Gasteiger partial charge on any atom is -0.497 e. The number of fused-ring (bicyclic) bond motifs is 1. The van der Waals surface area contributed by atoms with E-state index in [0.717, 1.165) is 16.9 Å². The average molecular weight is 409 g/mol. The maximum absolute atomic E-state index is 13.0. The molecule has 1 aliphatic heterocycles. The Bertz CT molecular complexity index is 961. The van der Waals surface area contributed by atoms with Gasteiger partial charge < -0.3 is 14.4 Å². The predicted molar refractivity (Wildman–Crippen MR) is 114 cm³/mol. The molecule has 2 amide bonds. The second-order valence-corrected chi connectivity index (χ2v) is 8.12. The molecular formula is C23H27N3O4. The summed E-state index contributed by atoms with van der Waals surface area (Å²) in [6.07, 6.45) is -0.733. The first-order valence-corrected chi connectivity index (χ1v) is 9.73. The number of carbonyl (C=O) groups is 2. The molecule has 0 N–H and O–H groups in total. The van der Waals surface area contributed by atoms with Crippen LogP contribution in [0, 0.1) is 0 Å². The summed E-state index contributed by atoms with van der Waals surface area (Å²) in [6, 6.07) is 15.1. The van der Waals surface area contributed by atoms with E-state index in [4.69, 9.17) is 9.47 Å². The van der Waals surface area contributed by atoms with E-state index in [1.165, 1.54) is 4.90 Å². The number of guanidine groups is 1. The smallest absolute Gasteiger partial charge is 0.437 e. The lowest BCUT2D eigenvalue weighted by Gasteiger charge is -2.28. The van der Waals surface area contributed by atoms with E-state index in [9.17, 15) is 9.59 Å². The standard InChI is InChI=1S/C23H27N3O4/c1-23(2,3)30-22(28)24-21-25(4)20(27)19-9-7-6-8-17(19)15-26(21)14-16-10-12-18(29-5)13-11-16/h6-13H,14-15H2,1-5H3/b24-21+. The lowest BCUT2D eigenvalue weighted by molar-refractivity contribution is 0.0598. The van der Waals surface area contributed by atoms with Crippen LogP contribution in [0.25, 0.3) is 0 Å². The molecule has 0 radical (unpaired) electrons. The summed E-state index contributed by atoms with van der Waals surface area (Å²) < 4.78 is 10.6. The van der Waals surface area contributed by atoms with Crippen LogP contribution in [0.15, 0.2) is 53.5 Å². The van der Waals surface area contributed by atoms with Gasteiger partial charge in [0.15, 0.2) is 0 Å². The second-order valence-electron chi connectivity index (χ2n) is 8.12. The highest BCUT2D eigenvalue weighted by Crippen LogP contribution is 2.23. The molecule has 0 unspecified atom stereocenters. The topological polar surface area (TPSA) is 71.4 Å². The molecule has 2 aromatic carbocycles. The molecule has 1 heterocycles. The van der Waals surface area contributed by atoms with Gasteiger partial charge in [0.1, 0.15) is 11.4 Å². The van der Waals surface area contributed by atoms with Crippen molar-refractivity contribution in [1.82, 2.24) is 9.80 Å². The molecule has 3 rings (SSSR count). The Kier molecular flexibility index (Phi) is 6.10. The Morgan fingerprint density at radius 1 is 1.10 bits per heavy atom. The Morgan fingerprint density at radius 3 is 2.40 bits per heavy atom. The van der Waals surface area contributed by atoms with E-state index in [2.05, 4.69) is 4.99 Å². The third-order valence-corrected chi connectivity index (χ3v) is 4.61. The first-order valence-electron chi connectivity index (χ1n) is 9.73. The normalized spacial score (nSPS) is 15.6. The number of rotatable bonds is 3. The number of amides is 2. The molecule has 0 aromatic heterocycles. The van der Waals surface area contributed by atoms with Gasteiger partial charge in [-0.3, -0.25) is 9.69 Å². The van der Waals surface area contributed by atoms with E-state index in [1.807, 2.05) is 47.4 Å². The van der Waals surface area contributed by atoms with Gasteiger partial charge in [-0.15, -0.1) is 4.99 Å². The van der Waals surface area contributed by atoms with Crippen LogP contribution in [0.2, 0.25) is 0 Å². The largest absolute Gasteiger partial charge is 0.497 e. The maximum atomic E-state index is 13.0. The highest BCUT2D eigenvalue weighted by atomic mass is 16.6. The molecule has 0 fully saturated rings. The number of aliphatic imine (C=N–C) groups is 1. The van der Waals surface area contributed by atoms with E-state index in [-0.39, 0.29) is 11.9 Å². The molecule has 7 nitrogen and oxygen atoms in total. The number of hydrogen-bond acceptors (Lipinski definition) is 4. The Hall–Kier alpha value is -3.35. The SMILES string of the molecule is COc1ccc(CN2Cc3ccccc3C(=O)N(C)/C2=N\C(=O)OC(C)(C)C)cc1. The van der Waals surface area contributed by atoms with Crippen molar-refractivity contribution in [3.63, 3.8) is 0 Å². The fourth-order valence-electron chi connectivity index (χ4n) is 3.22. The van der Waals surface area contributed by atoms with Crippen molar-refractivity contribution >= 4 is 18.0 Å². The third-order valence-electron chi connectivity index (χ3n) is 4.61. The lowest BCUT2D eigenvalue weighted by Crippen LogP contribution is -2.43. The number of benzene rings is 2. The van der Waals surface area contributed by atoms with Gasteiger partial charge in [0.2, 0.25) is 5.96 Å². The Morgan fingerprint density at radius 2 is 1.77 bits per heavy atom. The first-order chi connectivity index (χ1) is 14.2. The van der Waals surface area contributed by atoms with E-state index >= 15 is 0 Å². The third kappa shape index (κ3) is 4.97. The summed E-state index contributed by atoms with van der Waals surface area (Å²) in [5.74, 6) is 0.793. The van der Waals surface area contributed by atoms with Crippen LogP contribution in [0.5, 0.6) is 5.75 Å². The van der Waals surface area contributed by atoms with E-state index in [0.29, 0.717) is 18.7 Å². The number of ether oxygens (including phenoxy) is 2. The van der Waals surface area contributed by atoms with Crippen molar-refractivity contribution in [1.29, 1.82) is 0 Å². The quantitative estimate of drug-likeness (QED) is 0.764. The fourth-order valence-corrected chi connectivity index (χ4v) is 3.22. The molecule has 0 saturated carbocycles. The van der Waals surface area contributed by atoms with Gasteiger partial charge >= 0.3 is 6.09 Å². The number of carbonyl (C=O) groups excluding carboxylic acids is 2. The van der Waals surface area contributed by atoms with Crippen LogP contribution in [0.4, 0.5) is 4.79 Å². The molecule has 158 valence electrons. The molecule has 0 saturated heterocycles. The summed E-state index contributed by atoms with van der Waals surface area (Å²) in [5, 5.41) is 0. The van der Waals surface area contributed by atoms with Crippen molar-refractivity contribution in [2.45, 2.75) is 39.5 Å². The highest BCUT2D eigenvalue weighted by Gasteiger charge is 2.30. The van der Waals surface area contributed by atoms with Crippen molar-refractivity contribution in [2.24, 2.45) is 4.99 Å². The fraction of sp³-hybridized carbons (Fsp3) is 0.348. The van der Waals surface area contributed by atoms with Crippen LogP contribution < -0.4 is 4.74 Å². The van der Waals surface area contributed by atoms with Crippen LogP contribution in [0.1, 0.15) is 42.3 Å². The summed E-state index contributed by atoms with van der Waals surface area (Å²) in [5.41, 5.74) is 1.78. The molecule has 0 aliphatic carbocycles. The van der Waals surface area contributed by atoms with Gasteiger partial charge in [-0.25, -0.2) is 4.79 Å². The van der Waals surface area contributed by atoms with Gasteiger partial charge in [0.25, 0.3) is 5.91 Å². The van der Waals surface area contributed by atoms with Gasteiger partial charge in [0, 0.05) is 25.7 Å². The molecule has 0 bridgehead atoms. The Balaban J connectivity index is 2.00.